The first-order valence-corrected chi connectivity index (χ1v) is 51.4. The molecule has 13 rings (SSSR count). The summed E-state index contributed by atoms with van der Waals surface area (Å²) in [6.45, 7) is 35.9. The second-order valence-corrected chi connectivity index (χ2v) is 37.2. The van der Waals surface area contributed by atoms with Gasteiger partial charge in [-0.05, 0) is 339 Å². The molecule has 0 unspecified atom stereocenters. The van der Waals surface area contributed by atoms with E-state index in [4.69, 9.17) is 179 Å². The second-order valence-electron chi connectivity index (χ2n) is 31.0. The van der Waals surface area contributed by atoms with Crippen LogP contribution in [0.25, 0.3) is 0 Å². The molecule has 1 fully saturated rings. The number of benzene rings is 9. The summed E-state index contributed by atoms with van der Waals surface area (Å²) in [6, 6.07) is 47.3. The summed E-state index contributed by atoms with van der Waals surface area (Å²) >= 11 is 63.1. The lowest BCUT2D eigenvalue weighted by Gasteiger charge is -2.32. The first-order valence-electron chi connectivity index (χ1n) is 45.4. The number of nitrogens with zero attached hydrogens (tertiary/aromatic N) is 5. The number of aromatic hydroxyl groups is 2. The quantitative estimate of drug-likeness (QED) is 0.0147. The molecule has 758 valence electrons. The summed E-state index contributed by atoms with van der Waals surface area (Å²) in [5.41, 5.74) is 5.38. The molecule has 4 aliphatic rings. The lowest BCUT2D eigenvalue weighted by atomic mass is 9.77. The third kappa shape index (κ3) is 41.4. The highest BCUT2D eigenvalue weighted by atomic mass is 127. The highest BCUT2D eigenvalue weighted by Crippen LogP contribution is 2.41. The molecule has 0 aliphatic carbocycles. The number of phenolic OH excluding ortho intramolecular Hbond substituents is 2. The van der Waals surface area contributed by atoms with Crippen molar-refractivity contribution in [2.75, 3.05) is 98.5 Å². The van der Waals surface area contributed by atoms with Crippen LogP contribution in [0.3, 0.4) is 0 Å². The molecule has 139 heavy (non-hydrogen) atoms. The minimum atomic E-state index is -0.469. The van der Waals surface area contributed by atoms with Crippen molar-refractivity contribution in [3.05, 3.63) is 250 Å². The monoisotopic (exact) mass is 2340 g/mol. The fourth-order valence-electron chi connectivity index (χ4n) is 12.9. The predicted octanol–water partition coefficient (Wildman–Crippen LogP) is 27.5. The molecule has 0 radical (unpaired) electrons. The van der Waals surface area contributed by atoms with E-state index in [0.717, 1.165) is 114 Å². The van der Waals surface area contributed by atoms with Gasteiger partial charge in [-0.25, -0.2) is 19.2 Å². The van der Waals surface area contributed by atoms with Crippen LogP contribution in [-0.2, 0) is 41.4 Å². The van der Waals surface area contributed by atoms with Crippen LogP contribution in [0.15, 0.2) is 164 Å². The first-order chi connectivity index (χ1) is 66.3. The highest BCUT2D eigenvalue weighted by Gasteiger charge is 2.52. The number of amides is 5. The van der Waals surface area contributed by atoms with Crippen LogP contribution in [0.4, 0.5) is 24.0 Å². The van der Waals surface area contributed by atoms with Gasteiger partial charge in [0.1, 0.15) is 57.9 Å². The van der Waals surface area contributed by atoms with Crippen molar-refractivity contribution in [2.24, 2.45) is 0 Å². The Hall–Kier alpha value is -7.85. The van der Waals surface area contributed by atoms with Gasteiger partial charge >= 0.3 is 36.9 Å². The Kier molecular flexibility index (Phi) is 58.8. The van der Waals surface area contributed by atoms with Crippen LogP contribution in [-0.4, -0.2) is 197 Å². The van der Waals surface area contributed by atoms with Gasteiger partial charge in [-0.2, -0.15) is 0 Å². The van der Waals surface area contributed by atoms with Crippen molar-refractivity contribution in [1.29, 1.82) is 0 Å². The van der Waals surface area contributed by atoms with E-state index in [-0.39, 0.29) is 65.3 Å². The normalized spacial score (nSPS) is 12.6. The zero-order valence-electron chi connectivity index (χ0n) is 80.6. The zero-order valence-corrected chi connectivity index (χ0v) is 92.4. The summed E-state index contributed by atoms with van der Waals surface area (Å²) in [5, 5.41) is 49.4. The van der Waals surface area contributed by atoms with Crippen molar-refractivity contribution in [1.82, 2.24) is 24.5 Å². The maximum absolute atomic E-state index is 11.9. The number of fused-ring (bicyclic) bond motifs is 3. The van der Waals surface area contributed by atoms with E-state index in [1.54, 1.807) is 141 Å². The third-order valence-electron chi connectivity index (χ3n) is 21.4. The zero-order chi connectivity index (χ0) is 103. The number of phenols is 2. The molecule has 0 atom stereocenters. The topological polar surface area (TPSA) is 286 Å². The van der Waals surface area contributed by atoms with Crippen LogP contribution in [0.5, 0.6) is 51.7 Å². The Balaban J connectivity index is 0.000000326. The SMILES string of the molecule is CC1(C)OB(c2ccc3c(c2Cl)CCCO3)OC1(C)C.CCN(CC)C(=O)Cl.CCN(CC)C(=O)Oc1cccc(Cl)c1.CCN(CC)C(=O)Oc1cccc(Cl)c1C#CO.CCN(CC)C(=O)Oc1cccc(Cl)c1CCCO.CCN(CC)C(=O)Oc1cccc(Cl)c1I.Clc1c(I)ccc2c1CCCO2.Clc1cccc2c1CCCO2.OCCCc1c(O)cccc1Cl.Oc1cccc(Cl)c1. The number of halogens is 12. The molecule has 24 nitrogen and oxygen atoms in total. The van der Waals surface area contributed by atoms with Gasteiger partial charge in [0.05, 0.1) is 55.2 Å². The molecular weight excluding hydrogens is 2220 g/mol. The number of aliphatic hydroxyl groups excluding tert-OH is 3. The third-order valence-corrected chi connectivity index (χ3v) is 27.3. The molecular formula is C102H124BCl10I2N5O19. The molecule has 9 aromatic rings. The smallest absolute Gasteiger partial charge is 0.496 e. The Morgan fingerprint density at radius 1 is 0.424 bits per heavy atom. The predicted molar refractivity (Wildman–Crippen MR) is 579 cm³/mol. The van der Waals surface area contributed by atoms with Crippen LogP contribution >= 0.6 is 161 Å². The number of carbonyl (C=O) groups is 5. The molecule has 37 heteroatoms. The summed E-state index contributed by atoms with van der Waals surface area (Å²) in [7, 11) is -0.417. The number of ether oxygens (including phenoxy) is 7. The van der Waals surface area contributed by atoms with E-state index in [1.165, 1.54) is 22.1 Å². The Labute approximate surface area is 895 Å². The summed E-state index contributed by atoms with van der Waals surface area (Å²) in [5.74, 6) is 7.31. The Morgan fingerprint density at radius 2 is 0.813 bits per heavy atom. The second kappa shape index (κ2) is 66.2. The van der Waals surface area contributed by atoms with Crippen LogP contribution in [0, 0.1) is 19.2 Å². The molecule has 4 aliphatic heterocycles. The highest BCUT2D eigenvalue weighted by molar-refractivity contribution is 14.1. The van der Waals surface area contributed by atoms with E-state index in [0.29, 0.717) is 150 Å². The minimum absolute atomic E-state index is 0.0780. The first kappa shape index (κ1) is 123. The molecule has 4 heterocycles. The number of carbonyl (C=O) groups excluding carboxylic acids is 5. The van der Waals surface area contributed by atoms with E-state index in [1.807, 2.05) is 139 Å². The molecule has 0 saturated carbocycles. The molecule has 1 saturated heterocycles. The summed E-state index contributed by atoms with van der Waals surface area (Å²) < 4.78 is 51.5. The maximum atomic E-state index is 11.9. The van der Waals surface area contributed by atoms with E-state index in [9.17, 15) is 29.1 Å². The standard InChI is InChI=1S/C15H20BClO3.C14H20ClNO3.C13H14ClNO3.C11H13ClINO2.C11H14ClNO2.C9H8ClIO.C9H11ClO2.C9H9ClO.C6H5ClO.C5H10ClNO/c1-14(2)15(3,4)20-16(19-14)11-7-8-12-10(13(11)17)6-5-9-18-12;1-3-16(4-2)14(18)19-13-9-5-8-12(15)11(13)7-6-10-17;1-3-15(4-2)13(17)18-12-7-5-6-11(14)10(12)8-9-16;1-3-14(4-2)11(15)16-9-7-5-6-8(12)10(9)13;1-3-13(4-2)11(14)15-10-7-5-6-9(12)8-10;10-9-6-2-1-5-12-8(6)4-3-7(9)11;10-8-4-1-5-9(12)7(8)3-2-6-11;10-8-4-1-5-9-7(8)3-2-6-11-9;7-5-2-1-3-6(8)4-5;1-3-7(4-2)5(6)8/h7-8H,5-6,9H2,1-4H3;5,8-9,17H,3-4,6-7,10H2,1-2H3;5-7,16H,3-4H2,1-2H3;5-7H,3-4H2,1-2H3;5-8H,3-4H2,1-2H3;3-4H,1-2,5H2;1,4-5,11-12H,2-3,6H2;1,4-5H,2-3,6H2;1-4,8H;3-4H2,1-2H3. The molecule has 5 N–H and O–H groups in total. The minimum Gasteiger partial charge on any atom is -0.508 e. The number of rotatable bonds is 21. The fourth-order valence-corrected chi connectivity index (χ4v) is 16.2. The molecule has 0 bridgehead atoms. The number of aliphatic hydroxyl groups is 3. The van der Waals surface area contributed by atoms with Gasteiger partial charge in [-0.15, -0.1) is 0 Å². The molecule has 0 aromatic heterocycles. The van der Waals surface area contributed by atoms with Crippen molar-refractivity contribution >= 4 is 204 Å². The summed E-state index contributed by atoms with van der Waals surface area (Å²) in [6.07, 6.45) is 8.82. The van der Waals surface area contributed by atoms with Crippen molar-refractivity contribution in [2.45, 2.75) is 172 Å². The Morgan fingerprint density at radius 3 is 1.26 bits per heavy atom. The van der Waals surface area contributed by atoms with Gasteiger partial charge in [0.15, 0.2) is 0 Å². The molecule has 5 amide bonds. The van der Waals surface area contributed by atoms with E-state index < -0.39 is 13.2 Å². The Bertz CT molecular complexity index is 5340. The molecule has 9 aromatic carbocycles. The average molecular weight is 2340 g/mol. The maximum Gasteiger partial charge on any atom is 0.496 e. The van der Waals surface area contributed by atoms with Gasteiger partial charge in [0.2, 0.25) is 0 Å². The van der Waals surface area contributed by atoms with Crippen molar-refractivity contribution in [3.63, 3.8) is 0 Å². The lowest BCUT2D eigenvalue weighted by Crippen LogP contribution is -2.41. The van der Waals surface area contributed by atoms with Crippen LogP contribution < -0.4 is 38.6 Å². The van der Waals surface area contributed by atoms with Gasteiger partial charge in [0, 0.05) is 146 Å². The molecule has 0 spiro atoms. The fraction of sp³-hybridized carbons (Fsp3) is 0.402. The largest absolute Gasteiger partial charge is 0.508 e. The van der Waals surface area contributed by atoms with Crippen LogP contribution in [0.2, 0.25) is 45.2 Å². The van der Waals surface area contributed by atoms with Gasteiger partial charge in [-0.1, -0.05) is 153 Å². The van der Waals surface area contributed by atoms with Gasteiger partial charge in [-0.3, -0.25) is 4.79 Å². The van der Waals surface area contributed by atoms with Crippen LogP contribution in [0.1, 0.15) is 162 Å². The summed E-state index contributed by atoms with van der Waals surface area (Å²) in [4.78, 5) is 65.1. The number of hydrogen-bond donors (Lipinski definition) is 5. The van der Waals surface area contributed by atoms with Gasteiger partial charge < -0.3 is 92.5 Å². The lowest BCUT2D eigenvalue weighted by molar-refractivity contribution is 0.00578. The average Bonchev–Trinajstić information content (AvgIpc) is 1.61. The van der Waals surface area contributed by atoms with Gasteiger partial charge in [0.25, 0.3) is 0 Å². The van der Waals surface area contributed by atoms with E-state index >= 15 is 0 Å². The van der Waals surface area contributed by atoms with Crippen molar-refractivity contribution < 1.29 is 92.0 Å². The van der Waals surface area contributed by atoms with Crippen molar-refractivity contribution in [3.8, 4) is 63.8 Å². The van der Waals surface area contributed by atoms with E-state index in [2.05, 4.69) is 51.1 Å². The number of hydrogen-bond acceptors (Lipinski definition) is 19.